The van der Waals surface area contributed by atoms with Gasteiger partial charge in [0.05, 0.1) is 13.1 Å². The largest absolute Gasteiger partial charge is 0.401 e. The number of hydrogen-bond acceptors (Lipinski definition) is 3. The molecule has 0 saturated carbocycles. The Morgan fingerprint density at radius 1 is 1.23 bits per heavy atom. The average molecular weight is 377 g/mol. The minimum atomic E-state index is -4.13. The number of guanidine groups is 1. The van der Waals surface area contributed by atoms with Crippen molar-refractivity contribution in [3.63, 3.8) is 0 Å². The van der Waals surface area contributed by atoms with Gasteiger partial charge in [-0.25, -0.2) is 0 Å². The lowest BCUT2D eigenvalue weighted by Gasteiger charge is -2.35. The van der Waals surface area contributed by atoms with Crippen LogP contribution in [-0.4, -0.2) is 79.8 Å². The number of halogens is 3. The maximum Gasteiger partial charge on any atom is 0.401 e. The zero-order valence-corrected chi connectivity index (χ0v) is 16.3. The molecule has 3 unspecified atom stereocenters. The van der Waals surface area contributed by atoms with Crippen LogP contribution in [0.1, 0.15) is 40.0 Å². The lowest BCUT2D eigenvalue weighted by Crippen LogP contribution is -2.46. The third-order valence-corrected chi connectivity index (χ3v) is 5.19. The van der Waals surface area contributed by atoms with Crippen LogP contribution in [0.2, 0.25) is 0 Å². The molecule has 0 bridgehead atoms. The number of hydrogen-bond donors (Lipinski definition) is 2. The maximum atomic E-state index is 12.5. The normalized spacial score (nSPS) is 27.5. The number of alkyl halides is 3. The first-order valence-corrected chi connectivity index (χ1v) is 9.84. The molecule has 26 heavy (non-hydrogen) atoms. The van der Waals surface area contributed by atoms with Crippen molar-refractivity contribution in [2.45, 2.75) is 58.3 Å². The second-order valence-corrected chi connectivity index (χ2v) is 7.79. The van der Waals surface area contributed by atoms with Gasteiger partial charge in [0.15, 0.2) is 5.96 Å². The number of nitrogens with one attached hydrogen (secondary N) is 2. The van der Waals surface area contributed by atoms with Crippen molar-refractivity contribution >= 4 is 5.96 Å². The van der Waals surface area contributed by atoms with Gasteiger partial charge < -0.3 is 10.6 Å². The number of aliphatic imine (C=N–C) groups is 1. The summed E-state index contributed by atoms with van der Waals surface area (Å²) in [5, 5.41) is 6.53. The molecule has 152 valence electrons. The molecule has 2 aliphatic heterocycles. The summed E-state index contributed by atoms with van der Waals surface area (Å²) in [5.74, 6) is 1.45. The first kappa shape index (κ1) is 21.3. The second-order valence-electron chi connectivity index (χ2n) is 7.79. The Morgan fingerprint density at radius 3 is 2.65 bits per heavy atom. The third kappa shape index (κ3) is 7.31. The first-order valence-electron chi connectivity index (χ1n) is 9.84. The molecule has 2 aliphatic rings. The lowest BCUT2D eigenvalue weighted by atomic mass is 9.99. The molecular weight excluding hydrogens is 343 g/mol. The monoisotopic (exact) mass is 377 g/mol. The van der Waals surface area contributed by atoms with Crippen LogP contribution in [0.4, 0.5) is 13.2 Å². The molecule has 0 aromatic carbocycles. The van der Waals surface area contributed by atoms with E-state index in [4.69, 9.17) is 0 Å². The fourth-order valence-corrected chi connectivity index (χ4v) is 3.83. The molecule has 0 aromatic heterocycles. The summed E-state index contributed by atoms with van der Waals surface area (Å²) < 4.78 is 37.6. The molecule has 5 nitrogen and oxygen atoms in total. The predicted octanol–water partition coefficient (Wildman–Crippen LogP) is 2.30. The van der Waals surface area contributed by atoms with Gasteiger partial charge in [0, 0.05) is 38.3 Å². The third-order valence-electron chi connectivity index (χ3n) is 5.19. The molecule has 2 N–H and O–H groups in total. The molecule has 2 rings (SSSR count). The minimum Gasteiger partial charge on any atom is -0.357 e. The van der Waals surface area contributed by atoms with E-state index < -0.39 is 12.7 Å². The Kier molecular flexibility index (Phi) is 8.01. The molecule has 0 amide bonds. The van der Waals surface area contributed by atoms with Gasteiger partial charge in [-0.15, -0.1) is 0 Å². The molecule has 0 aromatic rings. The quantitative estimate of drug-likeness (QED) is 0.551. The SMILES string of the molecule is CCNC(=NCC(C)N1CCCC(C)C1)NC1CCN(CC(F)(F)F)C1. The summed E-state index contributed by atoms with van der Waals surface area (Å²) in [6, 6.07) is 0.388. The van der Waals surface area contributed by atoms with Crippen LogP contribution in [-0.2, 0) is 0 Å². The van der Waals surface area contributed by atoms with Crippen LogP contribution in [0.25, 0.3) is 0 Å². The van der Waals surface area contributed by atoms with E-state index in [0.29, 0.717) is 38.1 Å². The average Bonchev–Trinajstić information content (AvgIpc) is 2.97. The van der Waals surface area contributed by atoms with Crippen LogP contribution in [0.15, 0.2) is 4.99 Å². The van der Waals surface area contributed by atoms with Crippen LogP contribution in [0.5, 0.6) is 0 Å². The van der Waals surface area contributed by atoms with Crippen molar-refractivity contribution in [1.82, 2.24) is 20.4 Å². The second kappa shape index (κ2) is 9.78. The molecule has 8 heteroatoms. The van der Waals surface area contributed by atoms with E-state index in [1.165, 1.54) is 17.7 Å². The van der Waals surface area contributed by atoms with Crippen molar-refractivity contribution in [1.29, 1.82) is 0 Å². The highest BCUT2D eigenvalue weighted by Crippen LogP contribution is 2.20. The fraction of sp³-hybridized carbons (Fsp3) is 0.944. The first-order chi connectivity index (χ1) is 12.3. The van der Waals surface area contributed by atoms with E-state index in [9.17, 15) is 13.2 Å². The Labute approximate surface area is 155 Å². The van der Waals surface area contributed by atoms with Gasteiger partial charge in [0.25, 0.3) is 0 Å². The van der Waals surface area contributed by atoms with Crippen molar-refractivity contribution in [3.8, 4) is 0 Å². The smallest absolute Gasteiger partial charge is 0.357 e. The molecule has 2 heterocycles. The van der Waals surface area contributed by atoms with Crippen LogP contribution < -0.4 is 10.6 Å². The van der Waals surface area contributed by atoms with Crippen LogP contribution >= 0.6 is 0 Å². The molecule has 2 saturated heterocycles. The van der Waals surface area contributed by atoms with Crippen molar-refractivity contribution < 1.29 is 13.2 Å². The van der Waals surface area contributed by atoms with E-state index in [0.717, 1.165) is 25.6 Å². The number of nitrogens with zero attached hydrogens (tertiary/aromatic N) is 3. The van der Waals surface area contributed by atoms with Crippen molar-refractivity contribution in [2.24, 2.45) is 10.9 Å². The van der Waals surface area contributed by atoms with Crippen molar-refractivity contribution in [2.75, 3.05) is 45.8 Å². The highest BCUT2D eigenvalue weighted by Gasteiger charge is 2.34. The van der Waals surface area contributed by atoms with Gasteiger partial charge in [0.2, 0.25) is 0 Å². The highest BCUT2D eigenvalue weighted by atomic mass is 19.4. The molecular formula is C18H34F3N5. The van der Waals surface area contributed by atoms with Gasteiger partial charge in [-0.2, -0.15) is 13.2 Å². The number of piperidine rings is 1. The Balaban J connectivity index is 1.83. The van der Waals surface area contributed by atoms with E-state index in [2.05, 4.69) is 34.4 Å². The standard InChI is InChI=1S/C18H34F3N5/c1-4-22-17(23-10-15(3)26-8-5-6-14(2)11-26)24-16-7-9-25(12-16)13-18(19,20)21/h14-16H,4-13H2,1-3H3,(H2,22,23,24). The summed E-state index contributed by atoms with van der Waals surface area (Å²) in [7, 11) is 0. The summed E-state index contributed by atoms with van der Waals surface area (Å²) >= 11 is 0. The summed E-state index contributed by atoms with van der Waals surface area (Å²) in [5.41, 5.74) is 0. The fourth-order valence-electron chi connectivity index (χ4n) is 3.83. The van der Waals surface area contributed by atoms with Gasteiger partial charge in [0.1, 0.15) is 0 Å². The number of rotatable bonds is 6. The highest BCUT2D eigenvalue weighted by molar-refractivity contribution is 5.80. The summed E-state index contributed by atoms with van der Waals surface area (Å²) in [6.45, 7) is 10.2. The topological polar surface area (TPSA) is 42.9 Å². The van der Waals surface area contributed by atoms with E-state index in [1.54, 1.807) is 0 Å². The molecule has 0 spiro atoms. The molecule has 3 atom stereocenters. The van der Waals surface area contributed by atoms with Crippen molar-refractivity contribution in [3.05, 3.63) is 0 Å². The predicted molar refractivity (Wildman–Crippen MR) is 99.4 cm³/mol. The van der Waals surface area contributed by atoms with E-state index in [-0.39, 0.29) is 6.04 Å². The van der Waals surface area contributed by atoms with Gasteiger partial charge in [-0.05, 0) is 45.6 Å². The molecule has 0 aliphatic carbocycles. The molecule has 2 fully saturated rings. The van der Waals surface area contributed by atoms with Gasteiger partial charge >= 0.3 is 6.18 Å². The number of likely N-dealkylation sites (tertiary alicyclic amines) is 2. The van der Waals surface area contributed by atoms with Gasteiger partial charge in [-0.1, -0.05) is 6.92 Å². The van der Waals surface area contributed by atoms with E-state index in [1.807, 2.05) is 6.92 Å². The van der Waals surface area contributed by atoms with Crippen LogP contribution in [0.3, 0.4) is 0 Å². The van der Waals surface area contributed by atoms with Crippen LogP contribution in [0, 0.1) is 5.92 Å². The lowest BCUT2D eigenvalue weighted by molar-refractivity contribution is -0.143. The summed E-state index contributed by atoms with van der Waals surface area (Å²) in [6.07, 6.45) is -0.883. The zero-order valence-electron chi connectivity index (χ0n) is 16.3. The Morgan fingerprint density at radius 2 is 2.00 bits per heavy atom. The Hall–Kier alpha value is -1.02. The minimum absolute atomic E-state index is 0.0143. The maximum absolute atomic E-state index is 12.5. The zero-order chi connectivity index (χ0) is 19.2. The summed E-state index contributed by atoms with van der Waals surface area (Å²) in [4.78, 5) is 8.63. The van der Waals surface area contributed by atoms with E-state index >= 15 is 0 Å². The molecule has 0 radical (unpaired) electrons. The van der Waals surface area contributed by atoms with Gasteiger partial charge in [-0.3, -0.25) is 14.8 Å². The Bertz CT molecular complexity index is 455.